The number of aliphatic hydroxyl groups excluding tert-OH is 2. The molecule has 0 aromatic rings. The van der Waals surface area contributed by atoms with Gasteiger partial charge < -0.3 is 30.3 Å². The van der Waals surface area contributed by atoms with Gasteiger partial charge in [-0.2, -0.15) is 0 Å². The van der Waals surface area contributed by atoms with Gasteiger partial charge in [-0.15, -0.1) is 0 Å². The predicted octanol–water partition coefficient (Wildman–Crippen LogP) is 9.64. The summed E-state index contributed by atoms with van der Waals surface area (Å²) in [5.74, 6) is -1.80. The first-order valence-corrected chi connectivity index (χ1v) is 24.0. The third-order valence-corrected chi connectivity index (χ3v) is 10.9. The summed E-state index contributed by atoms with van der Waals surface area (Å²) in [7, 11) is -4.46. The van der Waals surface area contributed by atoms with Crippen molar-refractivity contribution in [3.63, 3.8) is 0 Å². The van der Waals surface area contributed by atoms with Gasteiger partial charge in [0.15, 0.2) is 6.10 Å². The summed E-state index contributed by atoms with van der Waals surface area (Å²) in [5.41, 5.74) is 5.34. The standard InChI is InChI=1S/C47H78NO11P/c1-3-5-7-8-9-10-11-12-13-14-15-16-17-18-19-20-21-22-28-32-47(53)59-41(39-58-60(54,55)57-36-35-48)38-56-46(52)31-27-24-23-26-30-42-43(45(51)37-44(42)50)34-33-40(49)29-25-6-4-2/h9-10,12-13,15-16,18-19,23,26,33-34,40-43,45,49,51H,3-8,11,14,17,20-22,24-25,27-32,35-39,48H2,1-2H3,(H,54,55)/b10-9-,13-12-,16-15-,19-18-,26-23-,34-33+/t40-,41+,42+,43+,45+/m0/s1. The van der Waals surface area contributed by atoms with E-state index >= 15 is 0 Å². The van der Waals surface area contributed by atoms with Crippen LogP contribution < -0.4 is 5.73 Å². The number of rotatable bonds is 37. The fraction of sp³-hybridized carbons (Fsp3) is 0.681. The summed E-state index contributed by atoms with van der Waals surface area (Å²) in [6.07, 6.45) is 38.7. The first kappa shape index (κ1) is 55.1. The van der Waals surface area contributed by atoms with Gasteiger partial charge in [0.2, 0.25) is 0 Å². The molecule has 6 atom stereocenters. The second kappa shape index (κ2) is 36.7. The number of carbonyl (C=O) groups is 3. The lowest BCUT2D eigenvalue weighted by Crippen LogP contribution is -2.29. The molecule has 0 bridgehead atoms. The highest BCUT2D eigenvalue weighted by Gasteiger charge is 2.39. The second-order valence-corrected chi connectivity index (χ2v) is 16.8. The average molecular weight is 864 g/mol. The first-order valence-electron chi connectivity index (χ1n) is 22.5. The zero-order chi connectivity index (χ0) is 44.1. The molecule has 1 aliphatic carbocycles. The van der Waals surface area contributed by atoms with Crippen LogP contribution in [-0.2, 0) is 37.5 Å². The predicted molar refractivity (Wildman–Crippen MR) is 239 cm³/mol. The van der Waals surface area contributed by atoms with Crippen molar-refractivity contribution in [2.75, 3.05) is 26.4 Å². The molecule has 1 saturated carbocycles. The number of allylic oxidation sites excluding steroid dienone is 10. The molecule has 1 rings (SSSR count). The van der Waals surface area contributed by atoms with E-state index in [4.69, 9.17) is 24.3 Å². The number of carbonyl (C=O) groups excluding carboxylic acids is 3. The number of phosphoric acid groups is 1. The molecular formula is C47H78NO11P. The van der Waals surface area contributed by atoms with Crippen LogP contribution in [0.25, 0.3) is 0 Å². The largest absolute Gasteiger partial charge is 0.472 e. The molecule has 0 aliphatic heterocycles. The van der Waals surface area contributed by atoms with E-state index in [1.165, 1.54) is 25.7 Å². The molecular weight excluding hydrogens is 785 g/mol. The quantitative estimate of drug-likeness (QED) is 0.0200. The average Bonchev–Trinajstić information content (AvgIpc) is 3.49. The van der Waals surface area contributed by atoms with Crippen molar-refractivity contribution in [3.8, 4) is 0 Å². The number of unbranched alkanes of at least 4 members (excludes halogenated alkanes) is 9. The zero-order valence-corrected chi connectivity index (χ0v) is 37.5. The van der Waals surface area contributed by atoms with E-state index in [1.54, 1.807) is 12.2 Å². The van der Waals surface area contributed by atoms with Crippen LogP contribution in [-0.4, -0.2) is 77.5 Å². The molecule has 0 aromatic heterocycles. The van der Waals surface area contributed by atoms with Gasteiger partial charge in [0.05, 0.1) is 25.4 Å². The van der Waals surface area contributed by atoms with E-state index in [0.29, 0.717) is 32.1 Å². The minimum Gasteiger partial charge on any atom is -0.462 e. The highest BCUT2D eigenvalue weighted by atomic mass is 31.2. The number of aliphatic hydroxyl groups is 2. The van der Waals surface area contributed by atoms with Gasteiger partial charge in [-0.25, -0.2) is 4.57 Å². The van der Waals surface area contributed by atoms with Crippen molar-refractivity contribution >= 4 is 25.5 Å². The van der Waals surface area contributed by atoms with E-state index < -0.39 is 44.7 Å². The van der Waals surface area contributed by atoms with Gasteiger partial charge in [-0.05, 0) is 77.0 Å². The Morgan fingerprint density at radius 2 is 1.35 bits per heavy atom. The van der Waals surface area contributed by atoms with Crippen molar-refractivity contribution in [3.05, 3.63) is 72.9 Å². The number of nitrogens with two attached hydrogens (primary N) is 1. The van der Waals surface area contributed by atoms with Crippen LogP contribution in [0.15, 0.2) is 72.9 Å². The molecule has 13 heteroatoms. The number of hydrogen-bond donors (Lipinski definition) is 4. The van der Waals surface area contributed by atoms with Crippen LogP contribution in [0.5, 0.6) is 0 Å². The number of hydrogen-bond acceptors (Lipinski definition) is 11. The SMILES string of the molecule is CCCCC/C=C\C/C=C\C/C=C\C/C=C\CCCCCC(=O)O[C@H](COC(=O)CCC/C=C\C[C@H]1C(=O)C[C@@H](O)[C@@H]1/C=C/[C@@H](O)CCCCC)COP(=O)(O)OCCN. The Bertz CT molecular complexity index is 1370. The number of Topliss-reactive ketones (excluding diaryl/α,β-unsaturated/α-hetero) is 1. The molecule has 0 radical (unpaired) electrons. The number of phosphoric ester groups is 1. The smallest absolute Gasteiger partial charge is 0.462 e. The molecule has 0 spiro atoms. The summed E-state index contributed by atoms with van der Waals surface area (Å²) in [5, 5.41) is 20.7. The minimum absolute atomic E-state index is 0.00545. The lowest BCUT2D eigenvalue weighted by molar-refractivity contribution is -0.161. The Morgan fingerprint density at radius 3 is 2.00 bits per heavy atom. The van der Waals surface area contributed by atoms with Crippen LogP contribution in [0.4, 0.5) is 0 Å². The highest BCUT2D eigenvalue weighted by Crippen LogP contribution is 2.43. The monoisotopic (exact) mass is 864 g/mol. The summed E-state index contributed by atoms with van der Waals surface area (Å²) < 4.78 is 32.7. The Kier molecular flexibility index (Phi) is 33.7. The van der Waals surface area contributed by atoms with Gasteiger partial charge in [0, 0.05) is 37.6 Å². The van der Waals surface area contributed by atoms with Crippen molar-refractivity contribution in [2.45, 2.75) is 167 Å². The van der Waals surface area contributed by atoms with Gasteiger partial charge in [-0.3, -0.25) is 23.4 Å². The highest BCUT2D eigenvalue weighted by molar-refractivity contribution is 7.47. The fourth-order valence-electron chi connectivity index (χ4n) is 6.48. The van der Waals surface area contributed by atoms with Crippen LogP contribution >= 0.6 is 7.82 Å². The molecule has 0 aromatic carbocycles. The van der Waals surface area contributed by atoms with Crippen molar-refractivity contribution < 1.29 is 52.6 Å². The Labute approximate surface area is 361 Å². The van der Waals surface area contributed by atoms with E-state index in [9.17, 15) is 34.1 Å². The van der Waals surface area contributed by atoms with E-state index in [2.05, 4.69) is 62.5 Å². The molecule has 12 nitrogen and oxygen atoms in total. The molecule has 1 fully saturated rings. The topological polar surface area (TPSA) is 192 Å². The third-order valence-electron chi connectivity index (χ3n) is 9.93. The number of ether oxygens (including phenoxy) is 2. The molecule has 1 aliphatic rings. The summed E-state index contributed by atoms with van der Waals surface area (Å²) >= 11 is 0. The normalized spacial score (nSPS) is 19.5. The molecule has 0 heterocycles. The van der Waals surface area contributed by atoms with Crippen molar-refractivity contribution in [1.82, 2.24) is 0 Å². The molecule has 0 saturated heterocycles. The minimum atomic E-state index is -4.46. The van der Waals surface area contributed by atoms with Gasteiger partial charge >= 0.3 is 19.8 Å². The first-order chi connectivity index (χ1) is 29.0. The van der Waals surface area contributed by atoms with Crippen LogP contribution in [0.2, 0.25) is 0 Å². The summed E-state index contributed by atoms with van der Waals surface area (Å²) in [4.78, 5) is 47.6. The number of ketones is 1. The second-order valence-electron chi connectivity index (χ2n) is 15.3. The van der Waals surface area contributed by atoms with Gasteiger partial charge in [-0.1, -0.05) is 125 Å². The van der Waals surface area contributed by atoms with Crippen LogP contribution in [0, 0.1) is 11.8 Å². The summed E-state index contributed by atoms with van der Waals surface area (Å²) in [6, 6.07) is 0. The van der Waals surface area contributed by atoms with E-state index in [0.717, 1.165) is 57.8 Å². The molecule has 1 unspecified atom stereocenters. The maximum atomic E-state index is 12.6. The van der Waals surface area contributed by atoms with E-state index in [1.807, 2.05) is 12.2 Å². The summed E-state index contributed by atoms with van der Waals surface area (Å²) in [6.45, 7) is 3.24. The molecule has 342 valence electrons. The third kappa shape index (κ3) is 30.1. The van der Waals surface area contributed by atoms with Crippen molar-refractivity contribution in [2.24, 2.45) is 17.6 Å². The lowest BCUT2D eigenvalue weighted by atomic mass is 9.90. The molecule has 5 N–H and O–H groups in total. The molecule has 60 heavy (non-hydrogen) atoms. The Hall–Kier alpha value is -2.96. The van der Waals surface area contributed by atoms with Gasteiger partial charge in [0.1, 0.15) is 12.4 Å². The van der Waals surface area contributed by atoms with Crippen LogP contribution in [0.3, 0.4) is 0 Å². The molecule has 0 amide bonds. The Morgan fingerprint density at radius 1 is 0.767 bits per heavy atom. The number of esters is 2. The lowest BCUT2D eigenvalue weighted by Gasteiger charge is -2.19. The van der Waals surface area contributed by atoms with Gasteiger partial charge in [0.25, 0.3) is 0 Å². The maximum Gasteiger partial charge on any atom is 0.472 e. The zero-order valence-electron chi connectivity index (χ0n) is 36.6. The fourth-order valence-corrected chi connectivity index (χ4v) is 7.24. The van der Waals surface area contributed by atoms with E-state index in [-0.39, 0.29) is 56.6 Å². The van der Waals surface area contributed by atoms with Crippen LogP contribution in [0.1, 0.15) is 149 Å². The maximum absolute atomic E-state index is 12.6. The Balaban J connectivity index is 2.42. The van der Waals surface area contributed by atoms with Crippen molar-refractivity contribution in [1.29, 1.82) is 0 Å².